The first-order valence-electron chi connectivity index (χ1n) is 22.1. The molecule has 0 atom stereocenters. The first kappa shape index (κ1) is 46.6. The Morgan fingerprint density at radius 3 is 2.36 bits per heavy atom. The zero-order valence-corrected chi connectivity index (χ0v) is 38.1. The normalized spacial score (nSPS) is 16.5. The molecular weight excluding hydrogens is 863 g/mol. The summed E-state index contributed by atoms with van der Waals surface area (Å²) in [5, 5.41) is 27.5. The van der Waals surface area contributed by atoms with Crippen molar-refractivity contribution in [2.75, 3.05) is 69.0 Å². The minimum Gasteiger partial charge on any atom is -0.495 e. The quantitative estimate of drug-likeness (QED) is 0.0705. The number of hydrogen-bond donors (Lipinski definition) is 6. The summed E-state index contributed by atoms with van der Waals surface area (Å²) in [6.07, 6.45) is 1.62. The maximum Gasteiger partial charge on any atom is 0.328 e. The lowest BCUT2D eigenvalue weighted by Crippen LogP contribution is -2.57. The number of aromatic amines is 1. The summed E-state index contributed by atoms with van der Waals surface area (Å²) in [5.74, 6) is -1.87. The molecule has 0 unspecified atom stereocenters. The van der Waals surface area contributed by atoms with Crippen molar-refractivity contribution >= 4 is 46.7 Å². The van der Waals surface area contributed by atoms with Crippen LogP contribution in [-0.4, -0.2) is 108 Å². The molecule has 1 spiro atoms. The second-order valence-electron chi connectivity index (χ2n) is 17.8. The number of anilines is 3. The van der Waals surface area contributed by atoms with E-state index in [0.29, 0.717) is 65.7 Å². The van der Waals surface area contributed by atoms with Gasteiger partial charge in [0.2, 0.25) is 5.91 Å². The number of nitrogens with one attached hydrogen (secondary N) is 5. The van der Waals surface area contributed by atoms with Gasteiger partial charge in [-0.05, 0) is 104 Å². The van der Waals surface area contributed by atoms with Gasteiger partial charge in [0.25, 0.3) is 11.8 Å². The molecule has 0 bridgehead atoms. The Hall–Kier alpha value is -6.95. The molecule has 3 saturated heterocycles. The van der Waals surface area contributed by atoms with Gasteiger partial charge in [-0.15, -0.1) is 0 Å². The van der Waals surface area contributed by atoms with Crippen LogP contribution in [0.5, 0.6) is 5.75 Å². The van der Waals surface area contributed by atoms with E-state index in [2.05, 4.69) is 38.0 Å². The largest absolute Gasteiger partial charge is 0.495 e. The number of H-pyrrole nitrogens is 1. The second kappa shape index (κ2) is 18.7. The van der Waals surface area contributed by atoms with E-state index in [1.807, 2.05) is 23.1 Å². The number of carbonyl (C=O) groups excluding carboxylic acids is 4. The minimum atomic E-state index is -1.31. The van der Waals surface area contributed by atoms with Crippen LogP contribution in [0.4, 0.5) is 30.8 Å². The Bertz CT molecular complexity index is 2760. The number of likely N-dealkylation sites (tertiary alicyclic amines) is 1. The highest BCUT2D eigenvalue weighted by Crippen LogP contribution is 2.36. The number of aliphatic hydroxyl groups is 1. The van der Waals surface area contributed by atoms with Gasteiger partial charge < -0.3 is 35.1 Å². The lowest BCUT2D eigenvalue weighted by atomic mass is 9.88. The fourth-order valence-electron chi connectivity index (χ4n) is 8.99. The Labute approximate surface area is 386 Å². The van der Waals surface area contributed by atoms with Crippen LogP contribution in [0, 0.1) is 24.0 Å². The monoisotopic (exact) mass is 916 g/mol. The van der Waals surface area contributed by atoms with Crippen molar-refractivity contribution in [3.8, 4) is 17.0 Å². The predicted molar refractivity (Wildman–Crippen MR) is 250 cm³/mol. The number of ether oxygens (including phenoxy) is 2. The fraction of sp³-hybridized carbons (Fsp3) is 0.340. The van der Waals surface area contributed by atoms with Gasteiger partial charge in [-0.25, -0.2) is 13.6 Å². The van der Waals surface area contributed by atoms with Crippen molar-refractivity contribution in [1.29, 1.82) is 5.41 Å². The molecule has 350 valence electrons. The molecule has 3 aliphatic rings. The molecule has 1 aromatic heterocycles. The summed E-state index contributed by atoms with van der Waals surface area (Å²) in [4.78, 5) is 60.4. The number of hydrogen-bond acceptors (Lipinski definition) is 10. The molecule has 4 heterocycles. The third-order valence-corrected chi connectivity index (χ3v) is 12.9. The maximum absolute atomic E-state index is 15.1. The molecule has 8 rings (SSSR count). The summed E-state index contributed by atoms with van der Waals surface area (Å²) in [6.45, 7) is 8.39. The average Bonchev–Trinajstić information content (AvgIpc) is 3.75. The highest BCUT2D eigenvalue weighted by Gasteiger charge is 2.41. The predicted octanol–water partition coefficient (Wildman–Crippen LogP) is 7.17. The maximum atomic E-state index is 15.1. The lowest BCUT2D eigenvalue weighted by molar-refractivity contribution is -0.127. The second-order valence-corrected chi connectivity index (χ2v) is 17.8. The number of aromatic nitrogens is 1. The van der Waals surface area contributed by atoms with Gasteiger partial charge in [-0.2, -0.15) is 0 Å². The summed E-state index contributed by atoms with van der Waals surface area (Å²) in [7, 11) is 3.21. The molecule has 0 aliphatic carbocycles. The van der Waals surface area contributed by atoms with Crippen molar-refractivity contribution in [3.05, 3.63) is 129 Å². The van der Waals surface area contributed by atoms with Crippen LogP contribution < -0.4 is 25.6 Å². The number of nitrogens with zero attached hydrogens (tertiary/aromatic N) is 3. The smallest absolute Gasteiger partial charge is 0.328 e. The van der Waals surface area contributed by atoms with Gasteiger partial charge in [0.05, 0.1) is 48.4 Å². The van der Waals surface area contributed by atoms with Crippen molar-refractivity contribution in [2.24, 2.45) is 0 Å². The molecule has 0 radical (unpaired) electrons. The van der Waals surface area contributed by atoms with E-state index in [1.165, 1.54) is 44.1 Å². The van der Waals surface area contributed by atoms with E-state index in [9.17, 15) is 34.1 Å². The zero-order valence-electron chi connectivity index (χ0n) is 38.1. The van der Waals surface area contributed by atoms with Crippen LogP contribution in [0.15, 0.2) is 78.9 Å². The van der Waals surface area contributed by atoms with E-state index < -0.39 is 34.8 Å². The van der Waals surface area contributed by atoms with E-state index >= 15 is 4.39 Å². The number of imide groups is 1. The van der Waals surface area contributed by atoms with Crippen LogP contribution >= 0.6 is 0 Å². The van der Waals surface area contributed by atoms with Gasteiger partial charge in [-0.3, -0.25) is 34.9 Å². The standard InChI is InChI=1S/C50H54F2N8O7/c1-29-36(24-34(51)25-39(29)56-46(62)35-12-11-33(23-38(35)52)49(2,3)65)44(53)37-26-40(55-45(37)54-4)31-8-6-30(7-9-31)27-58-18-15-50(16-19-58)28-59(20-21-67-50)47(63)32-10-13-42(66-5)41(22-32)60-17-14-43(61)57-48(60)64/h6-13,22-26,53-55,65H,14-21,27-28H2,1-5H3,(H,56,62)(H,57,61,64). The van der Waals surface area contributed by atoms with Gasteiger partial charge in [0.15, 0.2) is 0 Å². The van der Waals surface area contributed by atoms with Crippen molar-refractivity contribution in [2.45, 2.75) is 57.8 Å². The van der Waals surface area contributed by atoms with Crippen LogP contribution in [0.3, 0.4) is 0 Å². The fourth-order valence-corrected chi connectivity index (χ4v) is 8.99. The highest BCUT2D eigenvalue weighted by molar-refractivity contribution is 6.16. The first-order chi connectivity index (χ1) is 31.9. The Morgan fingerprint density at radius 1 is 0.940 bits per heavy atom. The summed E-state index contributed by atoms with van der Waals surface area (Å²) < 4.78 is 42.0. The van der Waals surface area contributed by atoms with Crippen LogP contribution in [-0.2, 0) is 21.7 Å². The molecule has 17 heteroatoms. The Morgan fingerprint density at radius 2 is 1.69 bits per heavy atom. The number of methoxy groups -OCH3 is 1. The minimum absolute atomic E-state index is 0.00633. The van der Waals surface area contributed by atoms with Crippen LogP contribution in [0.2, 0.25) is 0 Å². The molecule has 5 aromatic rings. The van der Waals surface area contributed by atoms with E-state index in [-0.39, 0.29) is 47.3 Å². The van der Waals surface area contributed by atoms with Crippen molar-refractivity contribution in [1.82, 2.24) is 20.1 Å². The number of urea groups is 1. The number of rotatable bonds is 12. The van der Waals surface area contributed by atoms with Crippen molar-refractivity contribution in [3.63, 3.8) is 0 Å². The molecule has 4 aromatic carbocycles. The van der Waals surface area contributed by atoms with Gasteiger partial charge >= 0.3 is 6.03 Å². The van der Waals surface area contributed by atoms with Crippen molar-refractivity contribution < 1.29 is 42.5 Å². The molecule has 15 nitrogen and oxygen atoms in total. The zero-order chi connectivity index (χ0) is 47.8. The summed E-state index contributed by atoms with van der Waals surface area (Å²) in [5.41, 5.74) is 3.02. The SMILES string of the molecule is CNc1[nH]c(-c2ccc(CN3CCC4(CC3)CN(C(=O)c3ccc(OC)c(N5CCC(=O)NC5=O)c3)CCO4)cc2)cc1C(=N)c1cc(F)cc(NC(=O)c2ccc(C(C)(C)O)cc2F)c1C. The number of halogens is 2. The summed E-state index contributed by atoms with van der Waals surface area (Å²) >= 11 is 0. The topological polar surface area (TPSA) is 192 Å². The van der Waals surface area contributed by atoms with Gasteiger partial charge in [0.1, 0.15) is 23.2 Å². The highest BCUT2D eigenvalue weighted by atomic mass is 19.1. The van der Waals surface area contributed by atoms with Gasteiger partial charge in [0, 0.05) is 74.3 Å². The van der Waals surface area contributed by atoms with E-state index in [4.69, 9.17) is 9.47 Å². The molecule has 67 heavy (non-hydrogen) atoms. The lowest BCUT2D eigenvalue weighted by Gasteiger charge is -2.47. The molecule has 0 saturated carbocycles. The van der Waals surface area contributed by atoms with E-state index in [0.717, 1.165) is 54.9 Å². The number of amides is 5. The third-order valence-electron chi connectivity index (χ3n) is 12.9. The number of carbonyl (C=O) groups is 4. The molecule has 5 amide bonds. The Balaban J connectivity index is 0.895. The molecule has 3 fully saturated rings. The van der Waals surface area contributed by atoms with Crippen LogP contribution in [0.1, 0.15) is 81.6 Å². The average molecular weight is 917 g/mol. The Kier molecular flexibility index (Phi) is 13.0. The molecular formula is C50H54F2N8O7. The van der Waals surface area contributed by atoms with Gasteiger partial charge in [-0.1, -0.05) is 30.3 Å². The molecule has 3 aliphatic heterocycles. The third kappa shape index (κ3) is 9.80. The first-order valence-corrected chi connectivity index (χ1v) is 22.1. The summed E-state index contributed by atoms with van der Waals surface area (Å²) in [6, 6.07) is 20.6. The number of benzene rings is 4. The number of piperidine rings is 1. The number of morpholine rings is 1. The van der Waals surface area contributed by atoms with E-state index in [1.54, 1.807) is 32.2 Å². The van der Waals surface area contributed by atoms with Crippen LogP contribution in [0.25, 0.3) is 11.3 Å². The molecule has 6 N–H and O–H groups in total.